The number of aromatic nitrogens is 1. The van der Waals surface area contributed by atoms with E-state index >= 15 is 0 Å². The van der Waals surface area contributed by atoms with Crippen LogP contribution in [0.1, 0.15) is 43.5 Å². The van der Waals surface area contributed by atoms with E-state index in [1.807, 2.05) is 4.90 Å². The summed E-state index contributed by atoms with van der Waals surface area (Å²) in [6, 6.07) is 3.64. The van der Waals surface area contributed by atoms with Crippen molar-refractivity contribution < 1.29 is 4.79 Å². The molecule has 104 valence electrons. The van der Waals surface area contributed by atoms with Crippen molar-refractivity contribution in [1.29, 1.82) is 0 Å². The van der Waals surface area contributed by atoms with Crippen LogP contribution in [0.5, 0.6) is 0 Å². The molecule has 1 aromatic rings. The summed E-state index contributed by atoms with van der Waals surface area (Å²) in [5.74, 6) is 0.546. The molecular formula is C14H18Cl2N2O. The van der Waals surface area contributed by atoms with Gasteiger partial charge in [0.25, 0.3) is 5.91 Å². The van der Waals surface area contributed by atoms with E-state index in [0.717, 1.165) is 25.8 Å². The minimum atomic E-state index is -0.0303. The summed E-state index contributed by atoms with van der Waals surface area (Å²) in [4.78, 5) is 18.4. The highest BCUT2D eigenvalue weighted by Crippen LogP contribution is 2.30. The summed E-state index contributed by atoms with van der Waals surface area (Å²) in [5.41, 5.74) is 0.446. The van der Waals surface area contributed by atoms with Crippen LogP contribution in [0.4, 0.5) is 0 Å². The number of hydrogen-bond acceptors (Lipinski definition) is 2. The minimum absolute atomic E-state index is 0.0303. The van der Waals surface area contributed by atoms with E-state index in [1.165, 1.54) is 0 Å². The van der Waals surface area contributed by atoms with Crippen molar-refractivity contribution in [2.24, 2.45) is 5.92 Å². The van der Waals surface area contributed by atoms with Gasteiger partial charge < -0.3 is 4.90 Å². The molecule has 0 N–H and O–H groups in total. The van der Waals surface area contributed by atoms with Crippen LogP contribution < -0.4 is 0 Å². The van der Waals surface area contributed by atoms with Crippen LogP contribution >= 0.6 is 23.2 Å². The Balaban J connectivity index is 2.14. The first-order valence-electron chi connectivity index (χ1n) is 6.62. The van der Waals surface area contributed by atoms with Crippen molar-refractivity contribution in [3.8, 4) is 0 Å². The third kappa shape index (κ3) is 3.83. The molecule has 5 heteroatoms. The van der Waals surface area contributed by atoms with Gasteiger partial charge in [0.15, 0.2) is 0 Å². The van der Waals surface area contributed by atoms with E-state index in [0.29, 0.717) is 22.7 Å². The molecule has 1 saturated carbocycles. The van der Waals surface area contributed by atoms with E-state index in [-0.39, 0.29) is 11.1 Å². The largest absolute Gasteiger partial charge is 0.336 e. The molecule has 2 rings (SSSR count). The Bertz CT molecular complexity index is 473. The summed E-state index contributed by atoms with van der Waals surface area (Å²) in [5, 5.41) is 0.495. The van der Waals surface area contributed by atoms with Crippen molar-refractivity contribution in [3.63, 3.8) is 0 Å². The van der Waals surface area contributed by atoms with Crippen LogP contribution in [0, 0.1) is 5.92 Å². The maximum Gasteiger partial charge on any atom is 0.257 e. The molecule has 1 fully saturated rings. The molecule has 1 aromatic heterocycles. The quantitative estimate of drug-likeness (QED) is 0.769. The average molecular weight is 301 g/mol. The molecule has 1 amide bonds. The summed E-state index contributed by atoms with van der Waals surface area (Å²) in [7, 11) is 0. The normalized spacial score (nSPS) is 14.8. The molecule has 0 saturated heterocycles. The van der Waals surface area contributed by atoms with E-state index in [9.17, 15) is 4.79 Å². The summed E-state index contributed by atoms with van der Waals surface area (Å²) < 4.78 is 0. The summed E-state index contributed by atoms with van der Waals surface area (Å²) in [6.07, 6.45) is 3.17. The number of carbonyl (C=O) groups excluding carboxylic acids is 1. The van der Waals surface area contributed by atoms with Gasteiger partial charge >= 0.3 is 0 Å². The number of rotatable bonds is 5. The second kappa shape index (κ2) is 6.10. The Morgan fingerprint density at radius 1 is 1.42 bits per heavy atom. The van der Waals surface area contributed by atoms with Crippen LogP contribution in [0.25, 0.3) is 0 Å². The zero-order valence-corrected chi connectivity index (χ0v) is 12.7. The van der Waals surface area contributed by atoms with Crippen molar-refractivity contribution >= 4 is 29.1 Å². The van der Waals surface area contributed by atoms with Gasteiger partial charge in [-0.2, -0.15) is 0 Å². The van der Waals surface area contributed by atoms with Crippen LogP contribution in [-0.4, -0.2) is 28.4 Å². The lowest BCUT2D eigenvalue weighted by Crippen LogP contribution is -2.34. The Morgan fingerprint density at radius 3 is 2.63 bits per heavy atom. The Hall–Kier alpha value is -0.800. The predicted octanol–water partition coefficient (Wildman–Crippen LogP) is 4.04. The van der Waals surface area contributed by atoms with E-state index in [4.69, 9.17) is 23.2 Å². The third-order valence-electron chi connectivity index (χ3n) is 3.24. The number of amides is 1. The maximum absolute atomic E-state index is 12.5. The van der Waals surface area contributed by atoms with E-state index in [2.05, 4.69) is 18.8 Å². The van der Waals surface area contributed by atoms with Gasteiger partial charge in [0.05, 0.1) is 5.56 Å². The highest BCUT2D eigenvalue weighted by molar-refractivity contribution is 6.34. The summed E-state index contributed by atoms with van der Waals surface area (Å²) >= 11 is 11.8. The topological polar surface area (TPSA) is 33.2 Å². The highest BCUT2D eigenvalue weighted by atomic mass is 35.5. The minimum Gasteiger partial charge on any atom is -0.336 e. The number of halogens is 2. The fourth-order valence-electron chi connectivity index (χ4n) is 1.96. The molecule has 1 aliphatic rings. The second-order valence-electron chi connectivity index (χ2n) is 5.38. The highest BCUT2D eigenvalue weighted by Gasteiger charge is 2.33. The van der Waals surface area contributed by atoms with Gasteiger partial charge in [-0.3, -0.25) is 4.79 Å². The monoisotopic (exact) mass is 300 g/mol. The molecule has 0 spiro atoms. The van der Waals surface area contributed by atoms with Gasteiger partial charge in [0.2, 0.25) is 0 Å². The van der Waals surface area contributed by atoms with Crippen LogP contribution in [0.2, 0.25) is 10.3 Å². The molecular weight excluding hydrogens is 283 g/mol. The smallest absolute Gasteiger partial charge is 0.257 e. The number of carbonyl (C=O) groups is 1. The van der Waals surface area contributed by atoms with E-state index < -0.39 is 0 Å². The molecule has 19 heavy (non-hydrogen) atoms. The number of pyridine rings is 1. The number of nitrogens with zero attached hydrogens (tertiary/aromatic N) is 2. The van der Waals surface area contributed by atoms with Crippen LogP contribution in [-0.2, 0) is 0 Å². The number of hydrogen-bond donors (Lipinski definition) is 0. The maximum atomic E-state index is 12.5. The lowest BCUT2D eigenvalue weighted by molar-refractivity contribution is 0.0735. The molecule has 0 radical (unpaired) electrons. The first-order chi connectivity index (χ1) is 8.99. The van der Waals surface area contributed by atoms with Crippen LogP contribution in [0.3, 0.4) is 0 Å². The van der Waals surface area contributed by atoms with Gasteiger partial charge in [-0.15, -0.1) is 0 Å². The summed E-state index contributed by atoms with van der Waals surface area (Å²) in [6.45, 7) is 5.10. The molecule has 3 nitrogen and oxygen atoms in total. The van der Waals surface area contributed by atoms with Gasteiger partial charge in [-0.1, -0.05) is 37.0 Å². The van der Waals surface area contributed by atoms with Crippen molar-refractivity contribution in [1.82, 2.24) is 9.88 Å². The standard InChI is InChI=1S/C14H18Cl2N2O/c1-9(2)7-8-18(10-3-4-10)14(19)11-5-6-12(15)17-13(11)16/h5-6,9-10H,3-4,7-8H2,1-2H3. The van der Waals surface area contributed by atoms with Gasteiger partial charge in [0, 0.05) is 12.6 Å². The Morgan fingerprint density at radius 2 is 2.11 bits per heavy atom. The molecule has 1 aliphatic carbocycles. The average Bonchev–Trinajstić information content (AvgIpc) is 3.13. The molecule has 1 heterocycles. The van der Waals surface area contributed by atoms with Gasteiger partial charge in [-0.05, 0) is 37.3 Å². The molecule has 0 unspecified atom stereocenters. The SMILES string of the molecule is CC(C)CCN(C(=O)c1ccc(Cl)nc1Cl)C1CC1. The Labute approximate surface area is 123 Å². The predicted molar refractivity (Wildman–Crippen MR) is 77.8 cm³/mol. The van der Waals surface area contributed by atoms with E-state index in [1.54, 1.807) is 12.1 Å². The first kappa shape index (κ1) is 14.6. The van der Waals surface area contributed by atoms with Crippen molar-refractivity contribution in [3.05, 3.63) is 28.0 Å². The molecule has 0 aromatic carbocycles. The fourth-order valence-corrected chi connectivity index (χ4v) is 2.39. The zero-order valence-electron chi connectivity index (χ0n) is 11.2. The lowest BCUT2D eigenvalue weighted by atomic mass is 10.1. The lowest BCUT2D eigenvalue weighted by Gasteiger charge is -2.23. The first-order valence-corrected chi connectivity index (χ1v) is 7.37. The van der Waals surface area contributed by atoms with Gasteiger partial charge in [0.1, 0.15) is 10.3 Å². The molecule has 0 atom stereocenters. The fraction of sp³-hybridized carbons (Fsp3) is 0.571. The zero-order chi connectivity index (χ0) is 14.0. The Kier molecular flexibility index (Phi) is 4.69. The van der Waals surface area contributed by atoms with Crippen molar-refractivity contribution in [2.45, 2.75) is 39.2 Å². The van der Waals surface area contributed by atoms with Crippen molar-refractivity contribution in [2.75, 3.05) is 6.54 Å². The molecule has 0 aliphatic heterocycles. The second-order valence-corrected chi connectivity index (χ2v) is 6.13. The van der Waals surface area contributed by atoms with Gasteiger partial charge in [-0.25, -0.2) is 4.98 Å². The molecule has 0 bridgehead atoms. The van der Waals surface area contributed by atoms with Crippen LogP contribution in [0.15, 0.2) is 12.1 Å². The third-order valence-corrected chi connectivity index (χ3v) is 3.74.